The predicted octanol–water partition coefficient (Wildman–Crippen LogP) is 5.69. The second-order valence-electron chi connectivity index (χ2n) is 16.5. The number of aromatic nitrogens is 1. The number of imide groups is 1. The molecule has 4 aromatic rings. The van der Waals surface area contributed by atoms with Gasteiger partial charge in [-0.15, -0.1) is 0 Å². The highest BCUT2D eigenvalue weighted by molar-refractivity contribution is 7.89. The number of nitro benzene ring substituents is 1. The molecule has 0 spiro atoms. The topological polar surface area (TPSA) is 182 Å². The van der Waals surface area contributed by atoms with Gasteiger partial charge in [-0.3, -0.25) is 29.4 Å². The van der Waals surface area contributed by atoms with E-state index < -0.39 is 74.1 Å². The quantitative estimate of drug-likeness (QED) is 0.0624. The van der Waals surface area contributed by atoms with Gasteiger partial charge in [0.25, 0.3) is 17.5 Å². The molecule has 60 heavy (non-hydrogen) atoms. The van der Waals surface area contributed by atoms with Crippen LogP contribution in [0, 0.1) is 16.0 Å². The first-order valence-electron chi connectivity index (χ1n) is 20.1. The predicted molar refractivity (Wildman–Crippen MR) is 221 cm³/mol. The average molecular weight is 843 g/mol. The van der Waals surface area contributed by atoms with Crippen molar-refractivity contribution in [2.45, 2.75) is 82.1 Å². The number of ether oxygens (including phenoxy) is 2. The maximum absolute atomic E-state index is 15.0. The van der Waals surface area contributed by atoms with Crippen LogP contribution < -0.4 is 0 Å². The fourth-order valence-corrected chi connectivity index (χ4v) is 10.0. The van der Waals surface area contributed by atoms with Crippen LogP contribution in [0.3, 0.4) is 0 Å². The van der Waals surface area contributed by atoms with E-state index >= 15 is 0 Å². The largest absolute Gasteiger partial charge is 0.444 e. The SMILES string of the molecule is COCCCn1cc(CN(C(=O)C2CC(N(CCN3C(=O)c4ccccc4C3=O)S(=O)(=O)c3ccccc3[N+](=O)[O-])CN(C(=O)OC(C)(C)C)C2)C2CC2)c2ccccc21. The molecule has 2 aliphatic heterocycles. The van der Waals surface area contributed by atoms with E-state index in [-0.39, 0.29) is 49.1 Å². The maximum Gasteiger partial charge on any atom is 0.410 e. The number of piperidine rings is 1. The molecule has 1 aliphatic carbocycles. The molecule has 3 aliphatic rings. The van der Waals surface area contributed by atoms with Crippen molar-refractivity contribution < 1.29 is 42.0 Å². The second kappa shape index (κ2) is 17.1. The molecule has 3 aromatic carbocycles. The van der Waals surface area contributed by atoms with Crippen LogP contribution >= 0.6 is 0 Å². The zero-order valence-electron chi connectivity index (χ0n) is 34.2. The van der Waals surface area contributed by atoms with Crippen LogP contribution in [0.2, 0.25) is 0 Å². The molecule has 0 N–H and O–H groups in total. The third-order valence-electron chi connectivity index (χ3n) is 11.1. The number of rotatable bonds is 15. The summed E-state index contributed by atoms with van der Waals surface area (Å²) in [7, 11) is -3.12. The number of hydrogen-bond acceptors (Lipinski definition) is 10. The van der Waals surface area contributed by atoms with Crippen LogP contribution in [0.1, 0.15) is 72.7 Å². The fraction of sp³-hybridized carbons (Fsp3) is 0.442. The molecule has 2 unspecified atom stereocenters. The minimum atomic E-state index is -4.78. The van der Waals surface area contributed by atoms with Gasteiger partial charge in [0.15, 0.2) is 4.90 Å². The van der Waals surface area contributed by atoms with E-state index in [0.29, 0.717) is 13.2 Å². The van der Waals surface area contributed by atoms with E-state index in [4.69, 9.17) is 9.47 Å². The number of fused-ring (bicyclic) bond motifs is 2. The minimum absolute atomic E-state index is 0.0535. The Morgan fingerprint density at radius 3 is 2.20 bits per heavy atom. The summed E-state index contributed by atoms with van der Waals surface area (Å²) >= 11 is 0. The Morgan fingerprint density at radius 2 is 1.55 bits per heavy atom. The lowest BCUT2D eigenvalue weighted by molar-refractivity contribution is -0.387. The van der Waals surface area contributed by atoms with Crippen molar-refractivity contribution in [2.24, 2.45) is 5.92 Å². The van der Waals surface area contributed by atoms with Gasteiger partial charge in [-0.25, -0.2) is 13.2 Å². The molecule has 1 saturated heterocycles. The van der Waals surface area contributed by atoms with Gasteiger partial charge in [-0.05, 0) is 76.3 Å². The van der Waals surface area contributed by atoms with Crippen LogP contribution in [0.15, 0.2) is 83.9 Å². The summed E-state index contributed by atoms with van der Waals surface area (Å²) in [5, 5.41) is 13.2. The number of nitro groups is 1. The maximum atomic E-state index is 15.0. The van der Waals surface area contributed by atoms with Crippen LogP contribution in [0.5, 0.6) is 0 Å². The molecule has 2 atom stereocenters. The zero-order valence-corrected chi connectivity index (χ0v) is 35.0. The lowest BCUT2D eigenvalue weighted by Crippen LogP contribution is -2.58. The standard InChI is InChI=1S/C43H50N6O10S/c1-43(2,3)59-42(53)45-25-29(39(50)47(31-18-19-31)27-30-26-44(20-11-23-58-4)36-15-8-7-12-33(30)36)24-32(28-45)48(60(56,57)38-17-10-9-16-37(38)49(54)55)22-21-46-40(51)34-13-5-6-14-35(34)41(46)52/h5-10,12-17,26,29,31-32H,11,18-25,27-28H2,1-4H3. The lowest BCUT2D eigenvalue weighted by Gasteiger charge is -2.43. The van der Waals surface area contributed by atoms with E-state index in [1.165, 1.54) is 29.2 Å². The number of methoxy groups -OCH3 is 1. The Labute approximate surface area is 348 Å². The first-order valence-corrected chi connectivity index (χ1v) is 21.6. The zero-order chi connectivity index (χ0) is 42.9. The summed E-state index contributed by atoms with van der Waals surface area (Å²) in [6, 6.07) is 18.0. The summed E-state index contributed by atoms with van der Waals surface area (Å²) in [6.07, 6.45) is 3.60. The molecule has 7 rings (SSSR count). The number of sulfonamides is 1. The molecule has 318 valence electrons. The Balaban J connectivity index is 1.25. The van der Waals surface area contributed by atoms with Crippen molar-refractivity contribution in [3.63, 3.8) is 0 Å². The highest BCUT2D eigenvalue weighted by atomic mass is 32.2. The fourth-order valence-electron chi connectivity index (χ4n) is 8.23. The molecule has 3 heterocycles. The van der Waals surface area contributed by atoms with Crippen LogP contribution in [0.25, 0.3) is 10.9 Å². The van der Waals surface area contributed by atoms with Crippen molar-refractivity contribution in [1.82, 2.24) is 23.6 Å². The van der Waals surface area contributed by atoms with E-state index in [9.17, 15) is 37.7 Å². The van der Waals surface area contributed by atoms with E-state index in [2.05, 4.69) is 10.8 Å². The number of para-hydroxylation sites is 2. The molecular formula is C43H50N6O10S. The first kappa shape index (κ1) is 42.5. The molecule has 0 bridgehead atoms. The summed E-state index contributed by atoms with van der Waals surface area (Å²) in [4.78, 5) is 70.6. The number of aryl methyl sites for hydroxylation is 1. The molecule has 0 radical (unpaired) electrons. The number of nitrogens with zero attached hydrogens (tertiary/aromatic N) is 6. The molecule has 2 fully saturated rings. The third kappa shape index (κ3) is 8.79. The number of carbonyl (C=O) groups excluding carboxylic acids is 4. The van der Waals surface area contributed by atoms with Crippen molar-refractivity contribution in [3.8, 4) is 0 Å². The normalized spacial score (nSPS) is 18.3. The van der Waals surface area contributed by atoms with Crippen molar-refractivity contribution >= 4 is 50.4 Å². The van der Waals surface area contributed by atoms with Gasteiger partial charge >= 0.3 is 6.09 Å². The third-order valence-corrected chi connectivity index (χ3v) is 13.1. The molecule has 1 aromatic heterocycles. The van der Waals surface area contributed by atoms with Crippen LogP contribution in [0.4, 0.5) is 10.5 Å². The molecule has 4 amide bonds. The molecule has 17 heteroatoms. The summed E-state index contributed by atoms with van der Waals surface area (Å²) in [5.41, 5.74) is 0.720. The minimum Gasteiger partial charge on any atom is -0.444 e. The Bertz CT molecular complexity index is 2390. The van der Waals surface area contributed by atoms with Crippen LogP contribution in [-0.4, -0.2) is 118 Å². The number of benzene rings is 3. The van der Waals surface area contributed by atoms with E-state index in [0.717, 1.165) is 57.1 Å². The van der Waals surface area contributed by atoms with Gasteiger partial charge in [-0.1, -0.05) is 42.5 Å². The van der Waals surface area contributed by atoms with Gasteiger partial charge in [0.05, 0.1) is 22.0 Å². The number of carbonyl (C=O) groups is 4. The smallest absolute Gasteiger partial charge is 0.410 e. The Morgan fingerprint density at radius 1 is 0.900 bits per heavy atom. The Kier molecular flexibility index (Phi) is 12.1. The van der Waals surface area contributed by atoms with Gasteiger partial charge in [0.1, 0.15) is 5.60 Å². The highest BCUT2D eigenvalue weighted by Gasteiger charge is 2.46. The van der Waals surface area contributed by atoms with Gasteiger partial charge in [0, 0.05) is 88.2 Å². The molecule has 1 saturated carbocycles. The average Bonchev–Trinajstić information content (AvgIpc) is 3.97. The van der Waals surface area contributed by atoms with Crippen LogP contribution in [-0.2, 0) is 37.4 Å². The number of amides is 4. The van der Waals surface area contributed by atoms with Crippen molar-refractivity contribution in [3.05, 3.63) is 106 Å². The lowest BCUT2D eigenvalue weighted by atomic mass is 9.92. The van der Waals surface area contributed by atoms with Gasteiger partial charge in [-0.2, -0.15) is 4.31 Å². The number of likely N-dealkylation sites (tertiary alicyclic amines) is 1. The van der Waals surface area contributed by atoms with Crippen molar-refractivity contribution in [1.29, 1.82) is 0 Å². The Hall–Kier alpha value is -5.65. The van der Waals surface area contributed by atoms with Gasteiger partial charge < -0.3 is 23.8 Å². The number of hydrogen-bond donors (Lipinski definition) is 0. The van der Waals surface area contributed by atoms with Gasteiger partial charge in [0.2, 0.25) is 15.9 Å². The van der Waals surface area contributed by atoms with Crippen molar-refractivity contribution in [2.75, 3.05) is 39.9 Å². The summed E-state index contributed by atoms with van der Waals surface area (Å²) < 4.78 is 43.9. The highest BCUT2D eigenvalue weighted by Crippen LogP contribution is 2.36. The van der Waals surface area contributed by atoms with E-state index in [1.807, 2.05) is 29.2 Å². The summed E-state index contributed by atoms with van der Waals surface area (Å²) in [5.74, 6) is -2.39. The molecular weight excluding hydrogens is 793 g/mol. The summed E-state index contributed by atoms with van der Waals surface area (Å²) in [6.45, 7) is 5.53. The monoisotopic (exact) mass is 842 g/mol. The first-order chi connectivity index (χ1) is 28.6. The molecule has 16 nitrogen and oxygen atoms in total. The second-order valence-corrected chi connectivity index (χ2v) is 18.4. The van der Waals surface area contributed by atoms with E-state index in [1.54, 1.807) is 40.0 Å².